The lowest BCUT2D eigenvalue weighted by Gasteiger charge is -2.33. The highest BCUT2D eigenvalue weighted by Crippen LogP contribution is 2.40. The van der Waals surface area contributed by atoms with Crippen molar-refractivity contribution in [3.8, 4) is 0 Å². The van der Waals surface area contributed by atoms with Crippen LogP contribution in [0.4, 0.5) is 0 Å². The molecule has 1 N–H and O–H groups in total. The summed E-state index contributed by atoms with van der Waals surface area (Å²) >= 11 is 0. The molecule has 3 aromatic heterocycles. The Bertz CT molecular complexity index is 1040. The molecule has 0 amide bonds. The van der Waals surface area contributed by atoms with E-state index < -0.39 is 0 Å². The Labute approximate surface area is 177 Å². The first-order chi connectivity index (χ1) is 14.7. The van der Waals surface area contributed by atoms with Crippen LogP contribution in [0.15, 0.2) is 30.7 Å². The van der Waals surface area contributed by atoms with Gasteiger partial charge in [0.2, 0.25) is 0 Å². The van der Waals surface area contributed by atoms with Crippen LogP contribution in [-0.2, 0) is 9.53 Å². The molecule has 1 saturated carbocycles. The van der Waals surface area contributed by atoms with Crippen molar-refractivity contribution >= 4 is 27.7 Å². The van der Waals surface area contributed by atoms with Crippen molar-refractivity contribution in [1.29, 1.82) is 0 Å². The number of pyridine rings is 2. The molecule has 0 spiro atoms. The third-order valence-electron chi connectivity index (χ3n) is 7.12. The van der Waals surface area contributed by atoms with Gasteiger partial charge in [0.1, 0.15) is 5.78 Å². The van der Waals surface area contributed by atoms with E-state index >= 15 is 0 Å². The predicted molar refractivity (Wildman–Crippen MR) is 118 cm³/mol. The maximum absolute atomic E-state index is 13.0. The molecular formula is C24H30N4O2. The molecule has 6 heteroatoms. The van der Waals surface area contributed by atoms with E-state index in [1.54, 1.807) is 7.11 Å². The highest BCUT2D eigenvalue weighted by Gasteiger charge is 2.30. The van der Waals surface area contributed by atoms with E-state index in [9.17, 15) is 4.79 Å². The number of carbonyl (C=O) groups is 1. The highest BCUT2D eigenvalue weighted by molar-refractivity contribution is 6.05. The summed E-state index contributed by atoms with van der Waals surface area (Å²) < 4.78 is 5.51. The van der Waals surface area contributed by atoms with Crippen LogP contribution in [-0.4, -0.2) is 58.5 Å². The van der Waals surface area contributed by atoms with Gasteiger partial charge >= 0.3 is 0 Å². The zero-order valence-corrected chi connectivity index (χ0v) is 17.6. The average Bonchev–Trinajstić information content (AvgIpc) is 3.28. The van der Waals surface area contributed by atoms with E-state index in [2.05, 4.69) is 32.0 Å². The number of methoxy groups -OCH3 is 1. The van der Waals surface area contributed by atoms with Gasteiger partial charge in [-0.15, -0.1) is 0 Å². The topological polar surface area (TPSA) is 71.1 Å². The summed E-state index contributed by atoms with van der Waals surface area (Å²) in [4.78, 5) is 27.4. The number of ether oxygens (including phenoxy) is 1. The van der Waals surface area contributed by atoms with Crippen molar-refractivity contribution in [3.63, 3.8) is 0 Å². The molecule has 158 valence electrons. The number of aromatic amines is 1. The van der Waals surface area contributed by atoms with Crippen LogP contribution in [0, 0.1) is 5.92 Å². The third kappa shape index (κ3) is 3.74. The number of H-pyrrole nitrogens is 1. The van der Waals surface area contributed by atoms with E-state index in [1.807, 2.05) is 18.6 Å². The van der Waals surface area contributed by atoms with Gasteiger partial charge in [-0.3, -0.25) is 9.69 Å². The van der Waals surface area contributed by atoms with Crippen molar-refractivity contribution in [2.24, 2.45) is 5.92 Å². The Morgan fingerprint density at radius 1 is 1.20 bits per heavy atom. The van der Waals surface area contributed by atoms with Gasteiger partial charge in [-0.2, -0.15) is 0 Å². The van der Waals surface area contributed by atoms with Crippen molar-refractivity contribution in [2.75, 3.05) is 26.7 Å². The highest BCUT2D eigenvalue weighted by atomic mass is 16.5. The minimum absolute atomic E-state index is 0.202. The van der Waals surface area contributed by atoms with Crippen LogP contribution in [0.2, 0.25) is 0 Å². The molecule has 30 heavy (non-hydrogen) atoms. The van der Waals surface area contributed by atoms with Gasteiger partial charge in [0.25, 0.3) is 0 Å². The van der Waals surface area contributed by atoms with Gasteiger partial charge < -0.3 is 9.72 Å². The number of likely N-dealkylation sites (tertiary alicyclic amines) is 1. The number of piperidine rings is 1. The summed E-state index contributed by atoms with van der Waals surface area (Å²) in [5.74, 6) is 1.11. The van der Waals surface area contributed by atoms with Crippen LogP contribution >= 0.6 is 0 Å². The van der Waals surface area contributed by atoms with E-state index in [4.69, 9.17) is 4.74 Å². The number of carbonyl (C=O) groups excluding carboxylic acids is 1. The predicted octanol–water partition coefficient (Wildman–Crippen LogP) is 4.06. The Morgan fingerprint density at radius 3 is 2.90 bits per heavy atom. The first-order valence-corrected chi connectivity index (χ1v) is 11.2. The molecular weight excluding hydrogens is 376 g/mol. The molecule has 1 aliphatic heterocycles. The maximum atomic E-state index is 13.0. The zero-order valence-electron chi connectivity index (χ0n) is 17.6. The lowest BCUT2D eigenvalue weighted by molar-refractivity contribution is -0.125. The van der Waals surface area contributed by atoms with Gasteiger partial charge in [0, 0.05) is 42.7 Å². The van der Waals surface area contributed by atoms with Crippen LogP contribution in [0.5, 0.6) is 0 Å². The number of aromatic nitrogens is 3. The van der Waals surface area contributed by atoms with Crippen LogP contribution < -0.4 is 0 Å². The molecule has 0 radical (unpaired) electrons. The van der Waals surface area contributed by atoms with Crippen molar-refractivity contribution in [2.45, 2.75) is 50.5 Å². The second-order valence-corrected chi connectivity index (χ2v) is 8.91. The quantitative estimate of drug-likeness (QED) is 0.692. The Kier molecular flexibility index (Phi) is 5.52. The lowest BCUT2D eigenvalue weighted by Crippen LogP contribution is -2.43. The van der Waals surface area contributed by atoms with Gasteiger partial charge in [-0.05, 0) is 68.7 Å². The summed E-state index contributed by atoms with van der Waals surface area (Å²) in [6.07, 6.45) is 12.3. The fourth-order valence-corrected chi connectivity index (χ4v) is 5.45. The van der Waals surface area contributed by atoms with E-state index in [0.29, 0.717) is 18.2 Å². The number of fused-ring (bicyclic) bond motifs is 3. The molecule has 2 aliphatic rings. The second kappa shape index (κ2) is 8.44. The van der Waals surface area contributed by atoms with Crippen LogP contribution in [0.1, 0.15) is 50.0 Å². The fraction of sp³-hybridized carbons (Fsp3) is 0.542. The summed E-state index contributed by atoms with van der Waals surface area (Å²) in [5, 5.41) is 2.36. The smallest absolute Gasteiger partial charge is 0.159 e. The molecule has 1 unspecified atom stereocenters. The largest absolute Gasteiger partial charge is 0.380 e. The molecule has 6 nitrogen and oxygen atoms in total. The number of ketones is 1. The Balaban J connectivity index is 1.27. The molecule has 2 fully saturated rings. The van der Waals surface area contributed by atoms with Crippen molar-refractivity contribution in [1.82, 2.24) is 19.9 Å². The van der Waals surface area contributed by atoms with E-state index in [-0.39, 0.29) is 12.0 Å². The number of hydrogen-bond acceptors (Lipinski definition) is 5. The van der Waals surface area contributed by atoms with E-state index in [1.165, 1.54) is 10.9 Å². The first kappa shape index (κ1) is 19.6. The molecule has 5 rings (SSSR count). The minimum atomic E-state index is 0.202. The fourth-order valence-electron chi connectivity index (χ4n) is 5.45. The van der Waals surface area contributed by atoms with Crippen LogP contribution in [0.25, 0.3) is 21.9 Å². The second-order valence-electron chi connectivity index (χ2n) is 8.91. The van der Waals surface area contributed by atoms with Gasteiger partial charge in [-0.1, -0.05) is 0 Å². The summed E-state index contributed by atoms with van der Waals surface area (Å²) in [5.41, 5.74) is 3.24. The number of hydrogen-bond donors (Lipinski definition) is 1. The van der Waals surface area contributed by atoms with Gasteiger partial charge in [0.15, 0.2) is 5.65 Å². The van der Waals surface area contributed by atoms with Crippen molar-refractivity contribution in [3.05, 3.63) is 36.3 Å². The average molecular weight is 407 g/mol. The summed E-state index contributed by atoms with van der Waals surface area (Å²) in [7, 11) is 1.78. The molecule has 0 bridgehead atoms. The molecule has 1 atom stereocenters. The van der Waals surface area contributed by atoms with Crippen molar-refractivity contribution < 1.29 is 9.53 Å². The number of nitrogens with zero attached hydrogens (tertiary/aromatic N) is 3. The molecule has 4 heterocycles. The van der Waals surface area contributed by atoms with Crippen LogP contribution in [0.3, 0.4) is 0 Å². The molecule has 1 aliphatic carbocycles. The zero-order chi connectivity index (χ0) is 20.5. The third-order valence-corrected chi connectivity index (χ3v) is 7.12. The molecule has 0 aromatic carbocycles. The normalized spacial score (nSPS) is 25.7. The SMILES string of the molecule is COC1CCCN(CC(=O)C2CCC(c3cc[nH]c4cnc5nccc5c34)CC2)C1. The number of Topliss-reactive ketones (excluding diaryl/α,β-unsaturated/α-hetero) is 1. The standard InChI is InChI=1S/C24H30N4O2/c1-30-18-3-2-12-28(14-18)15-22(29)17-6-4-16(5-7-17)19-8-10-25-21-13-27-24-20(23(19)21)9-11-26-24/h8-11,13,16-18,25H,2-7,12,14-15H2,1H3. The Hall–Kier alpha value is -2.31. The summed E-state index contributed by atoms with van der Waals surface area (Å²) in [6, 6.07) is 4.27. The van der Waals surface area contributed by atoms with Gasteiger partial charge in [-0.25, -0.2) is 9.97 Å². The van der Waals surface area contributed by atoms with E-state index in [0.717, 1.165) is 68.2 Å². The van der Waals surface area contributed by atoms with Gasteiger partial charge in [0.05, 0.1) is 24.4 Å². The monoisotopic (exact) mass is 406 g/mol. The molecule has 3 aromatic rings. The molecule has 1 saturated heterocycles. The number of nitrogens with one attached hydrogen (secondary N) is 1. The summed E-state index contributed by atoms with van der Waals surface area (Å²) in [6.45, 7) is 2.50. The number of rotatable bonds is 5. The Morgan fingerprint density at radius 2 is 2.07 bits per heavy atom. The minimum Gasteiger partial charge on any atom is -0.380 e. The lowest BCUT2D eigenvalue weighted by atomic mass is 9.76. The maximum Gasteiger partial charge on any atom is 0.159 e. The first-order valence-electron chi connectivity index (χ1n) is 11.2.